The van der Waals surface area contributed by atoms with Gasteiger partial charge < -0.3 is 9.64 Å². The Balaban J connectivity index is 1.99. The lowest BCUT2D eigenvalue weighted by Crippen LogP contribution is -2.41. The Morgan fingerprint density at radius 1 is 1.21 bits per heavy atom. The Morgan fingerprint density at radius 2 is 1.88 bits per heavy atom. The average Bonchev–Trinajstić information content (AvgIpc) is 2.54. The number of amides is 1. The second-order valence-electron chi connectivity index (χ2n) is 6.20. The number of aryl methyl sites for hydroxylation is 2. The van der Waals surface area contributed by atoms with E-state index in [9.17, 15) is 13.2 Å². The van der Waals surface area contributed by atoms with Crippen molar-refractivity contribution in [2.45, 2.75) is 26.7 Å². The molecule has 1 aromatic carbocycles. The molecule has 1 aliphatic heterocycles. The highest BCUT2D eigenvalue weighted by Gasteiger charge is 2.20. The third-order valence-corrected chi connectivity index (χ3v) is 5.49. The molecule has 0 spiro atoms. The number of anilines is 1. The van der Waals surface area contributed by atoms with Crippen LogP contribution in [0.4, 0.5) is 5.69 Å². The van der Waals surface area contributed by atoms with Crippen LogP contribution in [0.2, 0.25) is 0 Å². The zero-order valence-electron chi connectivity index (χ0n) is 14.6. The second kappa shape index (κ2) is 7.98. The number of nitrogens with zero attached hydrogens (tertiary/aromatic N) is 2. The summed E-state index contributed by atoms with van der Waals surface area (Å²) in [4.78, 5) is 13.9. The fourth-order valence-corrected chi connectivity index (χ4v) is 3.67. The van der Waals surface area contributed by atoms with E-state index in [4.69, 9.17) is 4.74 Å². The van der Waals surface area contributed by atoms with Crippen LogP contribution in [0.3, 0.4) is 0 Å². The molecule has 0 saturated carbocycles. The predicted octanol–water partition coefficient (Wildman–Crippen LogP) is 1.71. The van der Waals surface area contributed by atoms with Crippen molar-refractivity contribution < 1.29 is 17.9 Å². The van der Waals surface area contributed by atoms with Gasteiger partial charge in [0.15, 0.2) is 0 Å². The molecule has 0 aliphatic carbocycles. The van der Waals surface area contributed by atoms with E-state index in [-0.39, 0.29) is 5.91 Å². The molecule has 0 atom stereocenters. The van der Waals surface area contributed by atoms with Crippen LogP contribution in [0.15, 0.2) is 18.2 Å². The zero-order chi connectivity index (χ0) is 17.7. The minimum atomic E-state index is -3.38. The maximum atomic E-state index is 12.2. The summed E-state index contributed by atoms with van der Waals surface area (Å²) in [6.45, 7) is 6.63. The smallest absolute Gasteiger partial charge is 0.232 e. The number of carbonyl (C=O) groups is 1. The molecule has 1 saturated heterocycles. The van der Waals surface area contributed by atoms with E-state index < -0.39 is 10.0 Å². The number of carbonyl (C=O) groups excluding carboxylic acids is 1. The van der Waals surface area contributed by atoms with Crippen LogP contribution in [0.25, 0.3) is 0 Å². The van der Waals surface area contributed by atoms with Crippen molar-refractivity contribution in [1.82, 2.24) is 4.90 Å². The van der Waals surface area contributed by atoms with Crippen LogP contribution in [0, 0.1) is 13.8 Å². The molecule has 0 aromatic heterocycles. The molecule has 1 aliphatic rings. The minimum absolute atomic E-state index is 0.0619. The lowest BCUT2D eigenvalue weighted by molar-refractivity contribution is -0.135. The largest absolute Gasteiger partial charge is 0.378 e. The van der Waals surface area contributed by atoms with E-state index in [0.29, 0.717) is 51.4 Å². The number of morpholine rings is 1. The van der Waals surface area contributed by atoms with Crippen LogP contribution in [-0.4, -0.2) is 58.3 Å². The van der Waals surface area contributed by atoms with Gasteiger partial charge in [-0.25, -0.2) is 8.42 Å². The van der Waals surface area contributed by atoms with Gasteiger partial charge in [-0.1, -0.05) is 6.07 Å². The molecule has 1 fully saturated rings. The predicted molar refractivity (Wildman–Crippen MR) is 94.7 cm³/mol. The minimum Gasteiger partial charge on any atom is -0.378 e. The van der Waals surface area contributed by atoms with E-state index in [1.54, 1.807) is 4.90 Å². The van der Waals surface area contributed by atoms with Crippen molar-refractivity contribution in [2.75, 3.05) is 43.4 Å². The van der Waals surface area contributed by atoms with Gasteiger partial charge in [0.1, 0.15) is 0 Å². The van der Waals surface area contributed by atoms with Gasteiger partial charge >= 0.3 is 0 Å². The summed E-state index contributed by atoms with van der Waals surface area (Å²) in [6.07, 6.45) is 2.04. The van der Waals surface area contributed by atoms with Crippen LogP contribution in [0.5, 0.6) is 0 Å². The summed E-state index contributed by atoms with van der Waals surface area (Å²) in [7, 11) is -3.38. The summed E-state index contributed by atoms with van der Waals surface area (Å²) >= 11 is 0. The van der Waals surface area contributed by atoms with E-state index >= 15 is 0 Å². The van der Waals surface area contributed by atoms with E-state index in [0.717, 1.165) is 11.1 Å². The molecule has 134 valence electrons. The lowest BCUT2D eigenvalue weighted by atomic mass is 10.1. The molecule has 2 rings (SSSR count). The number of benzene rings is 1. The second-order valence-corrected chi connectivity index (χ2v) is 8.11. The van der Waals surface area contributed by atoms with Gasteiger partial charge in [-0.3, -0.25) is 9.10 Å². The molecule has 0 radical (unpaired) electrons. The van der Waals surface area contributed by atoms with Crippen LogP contribution >= 0.6 is 0 Å². The van der Waals surface area contributed by atoms with E-state index in [1.165, 1.54) is 10.6 Å². The summed E-state index contributed by atoms with van der Waals surface area (Å²) < 4.78 is 30.9. The monoisotopic (exact) mass is 354 g/mol. The maximum Gasteiger partial charge on any atom is 0.232 e. The fraction of sp³-hybridized carbons (Fsp3) is 0.588. The summed E-state index contributed by atoms with van der Waals surface area (Å²) in [5, 5.41) is 0. The Labute approximate surface area is 144 Å². The van der Waals surface area contributed by atoms with Gasteiger partial charge in [0.05, 0.1) is 25.2 Å². The Bertz CT molecular complexity index is 682. The summed E-state index contributed by atoms with van der Waals surface area (Å²) in [5.74, 6) is 0.0619. The Hall–Kier alpha value is -1.60. The summed E-state index contributed by atoms with van der Waals surface area (Å²) in [6, 6.07) is 5.61. The third kappa shape index (κ3) is 4.95. The molecule has 6 nitrogen and oxygen atoms in total. The highest BCUT2D eigenvalue weighted by atomic mass is 32.2. The standard InChI is InChI=1S/C17H26N2O4S/c1-14-6-7-16(13-15(14)2)19(24(3,21)22)8-4-5-17(20)18-9-11-23-12-10-18/h6-7,13H,4-5,8-12H2,1-3H3. The van der Waals surface area contributed by atoms with Crippen molar-refractivity contribution in [3.05, 3.63) is 29.3 Å². The van der Waals surface area contributed by atoms with Gasteiger partial charge in [0.2, 0.25) is 15.9 Å². The average molecular weight is 354 g/mol. The number of hydrogen-bond donors (Lipinski definition) is 0. The molecule has 0 N–H and O–H groups in total. The van der Waals surface area contributed by atoms with Gasteiger partial charge in [-0.15, -0.1) is 0 Å². The normalized spacial score (nSPS) is 15.4. The van der Waals surface area contributed by atoms with Gasteiger partial charge in [-0.2, -0.15) is 0 Å². The molecule has 0 bridgehead atoms. The number of ether oxygens (including phenoxy) is 1. The number of rotatable bonds is 6. The number of hydrogen-bond acceptors (Lipinski definition) is 4. The van der Waals surface area contributed by atoms with Gasteiger partial charge in [0.25, 0.3) is 0 Å². The van der Waals surface area contributed by atoms with Crippen molar-refractivity contribution in [1.29, 1.82) is 0 Å². The van der Waals surface area contributed by atoms with Crippen molar-refractivity contribution >= 4 is 21.6 Å². The van der Waals surface area contributed by atoms with Crippen LogP contribution < -0.4 is 4.31 Å². The lowest BCUT2D eigenvalue weighted by Gasteiger charge is -2.27. The van der Waals surface area contributed by atoms with E-state index in [1.807, 2.05) is 32.0 Å². The quantitative estimate of drug-likeness (QED) is 0.780. The Morgan fingerprint density at radius 3 is 2.46 bits per heavy atom. The molecule has 24 heavy (non-hydrogen) atoms. The number of sulfonamides is 1. The molecular formula is C17H26N2O4S. The molecule has 7 heteroatoms. The first kappa shape index (κ1) is 18.7. The van der Waals surface area contributed by atoms with Crippen molar-refractivity contribution in [3.8, 4) is 0 Å². The molecule has 1 aromatic rings. The molecule has 0 unspecified atom stereocenters. The fourth-order valence-electron chi connectivity index (χ4n) is 2.71. The Kier molecular flexibility index (Phi) is 6.23. The van der Waals surface area contributed by atoms with Crippen LogP contribution in [-0.2, 0) is 19.6 Å². The highest BCUT2D eigenvalue weighted by molar-refractivity contribution is 7.92. The third-order valence-electron chi connectivity index (χ3n) is 4.29. The zero-order valence-corrected chi connectivity index (χ0v) is 15.4. The molecule has 1 amide bonds. The van der Waals surface area contributed by atoms with Crippen molar-refractivity contribution in [3.63, 3.8) is 0 Å². The molecular weight excluding hydrogens is 328 g/mol. The van der Waals surface area contributed by atoms with Crippen LogP contribution in [0.1, 0.15) is 24.0 Å². The maximum absolute atomic E-state index is 12.2. The van der Waals surface area contributed by atoms with Crippen molar-refractivity contribution in [2.24, 2.45) is 0 Å². The first-order valence-corrected chi connectivity index (χ1v) is 10.0. The first-order valence-electron chi connectivity index (χ1n) is 8.19. The molecule has 1 heterocycles. The SMILES string of the molecule is Cc1ccc(N(CCCC(=O)N2CCOCC2)S(C)(=O)=O)cc1C. The highest BCUT2D eigenvalue weighted by Crippen LogP contribution is 2.22. The summed E-state index contributed by atoms with van der Waals surface area (Å²) in [5.41, 5.74) is 2.82. The topological polar surface area (TPSA) is 66.9 Å². The van der Waals surface area contributed by atoms with E-state index in [2.05, 4.69) is 0 Å². The van der Waals surface area contributed by atoms with Gasteiger partial charge in [-0.05, 0) is 43.5 Å². The van der Waals surface area contributed by atoms with Gasteiger partial charge in [0, 0.05) is 26.1 Å². The first-order chi connectivity index (χ1) is 11.3.